The van der Waals surface area contributed by atoms with Crippen LogP contribution in [0.4, 0.5) is 0 Å². The number of nitrogens with zero attached hydrogens (tertiary/aromatic N) is 1. The van der Waals surface area contributed by atoms with Crippen molar-refractivity contribution < 1.29 is 12.8 Å². The van der Waals surface area contributed by atoms with E-state index in [4.69, 9.17) is 10.8 Å². The fourth-order valence-electron chi connectivity index (χ4n) is 2.90. The van der Waals surface area contributed by atoms with Crippen LogP contribution in [-0.2, 0) is 10.0 Å². The summed E-state index contributed by atoms with van der Waals surface area (Å²) in [6.45, 7) is 3.80. The van der Waals surface area contributed by atoms with Gasteiger partial charge >= 0.3 is 0 Å². The maximum Gasteiger partial charge on any atom is 0.244 e. The highest BCUT2D eigenvalue weighted by Crippen LogP contribution is 2.46. The second kappa shape index (κ2) is 6.46. The number of benzene rings is 1. The smallest absolute Gasteiger partial charge is 0.244 e. The number of hydrogen-bond acceptors (Lipinski definition) is 3. The largest absolute Gasteiger partial charge is 0.465 e. The van der Waals surface area contributed by atoms with Crippen molar-refractivity contribution >= 4 is 10.0 Å². The summed E-state index contributed by atoms with van der Waals surface area (Å²) in [5, 5.41) is 0. The Balaban J connectivity index is 2.04. The van der Waals surface area contributed by atoms with E-state index < -0.39 is 10.0 Å². The molecule has 1 unspecified atom stereocenters. The van der Waals surface area contributed by atoms with Crippen LogP contribution in [0.15, 0.2) is 45.7 Å². The molecule has 1 saturated carbocycles. The molecule has 5 heteroatoms. The lowest BCUT2D eigenvalue weighted by atomic mass is 10.1. The third kappa shape index (κ3) is 3.26. The van der Waals surface area contributed by atoms with Gasteiger partial charge in [-0.05, 0) is 56.9 Å². The van der Waals surface area contributed by atoms with Gasteiger partial charge in [0.1, 0.15) is 11.5 Å². The molecule has 126 valence electrons. The molecule has 0 N–H and O–H groups in total. The van der Waals surface area contributed by atoms with Gasteiger partial charge in [0.2, 0.25) is 10.0 Å². The van der Waals surface area contributed by atoms with Gasteiger partial charge in [0.15, 0.2) is 0 Å². The van der Waals surface area contributed by atoms with Crippen LogP contribution in [0.5, 0.6) is 0 Å². The molecule has 1 heterocycles. The summed E-state index contributed by atoms with van der Waals surface area (Å²) >= 11 is 0. The average molecular weight is 343 g/mol. The molecule has 4 nitrogen and oxygen atoms in total. The van der Waals surface area contributed by atoms with E-state index in [1.165, 1.54) is 4.31 Å². The first kappa shape index (κ1) is 16.8. The van der Waals surface area contributed by atoms with Crippen molar-refractivity contribution in [2.45, 2.75) is 37.6 Å². The third-order valence-corrected chi connectivity index (χ3v) is 6.15. The molecule has 3 rings (SSSR count). The van der Waals surface area contributed by atoms with Crippen LogP contribution >= 0.6 is 0 Å². The molecule has 0 amide bonds. The topological polar surface area (TPSA) is 50.5 Å². The van der Waals surface area contributed by atoms with Crippen LogP contribution < -0.4 is 0 Å². The number of rotatable bonds is 6. The molecule has 1 fully saturated rings. The van der Waals surface area contributed by atoms with Gasteiger partial charge in [-0.3, -0.25) is 0 Å². The second-order valence-corrected chi connectivity index (χ2v) is 8.19. The number of aryl methyl sites for hydroxylation is 2. The van der Waals surface area contributed by atoms with E-state index >= 15 is 0 Å². The lowest BCUT2D eigenvalue weighted by molar-refractivity contribution is 0.273. The normalized spacial score (nSPS) is 16.1. The van der Waals surface area contributed by atoms with Crippen LogP contribution in [0, 0.1) is 32.1 Å². The number of sulfonamides is 1. The first-order valence-corrected chi connectivity index (χ1v) is 9.46. The zero-order chi connectivity index (χ0) is 17.3. The van der Waals surface area contributed by atoms with Crippen LogP contribution in [0.25, 0.3) is 0 Å². The molecule has 0 saturated heterocycles. The van der Waals surface area contributed by atoms with Crippen LogP contribution in [0.3, 0.4) is 0 Å². The van der Waals surface area contributed by atoms with Crippen molar-refractivity contribution in [2.24, 2.45) is 5.92 Å². The zero-order valence-corrected chi connectivity index (χ0v) is 14.7. The van der Waals surface area contributed by atoms with Crippen molar-refractivity contribution in [2.75, 3.05) is 6.54 Å². The van der Waals surface area contributed by atoms with E-state index in [0.29, 0.717) is 5.76 Å². The molecule has 2 aromatic rings. The summed E-state index contributed by atoms with van der Waals surface area (Å²) in [6.07, 6.45) is 7.45. The Kier molecular flexibility index (Phi) is 4.53. The molecular formula is C19H21NO3S. The molecule has 0 spiro atoms. The van der Waals surface area contributed by atoms with Crippen LogP contribution in [0.2, 0.25) is 0 Å². The van der Waals surface area contributed by atoms with Gasteiger partial charge in [0.05, 0.1) is 17.5 Å². The Morgan fingerprint density at radius 2 is 1.88 bits per heavy atom. The van der Waals surface area contributed by atoms with E-state index in [1.54, 1.807) is 24.3 Å². The Labute approximate surface area is 143 Å². The Hall–Kier alpha value is -2.03. The third-order valence-electron chi connectivity index (χ3n) is 4.31. The molecule has 24 heavy (non-hydrogen) atoms. The lowest BCUT2D eigenvalue weighted by Gasteiger charge is -2.28. The van der Waals surface area contributed by atoms with Crippen molar-refractivity contribution in [1.29, 1.82) is 0 Å². The molecule has 0 bridgehead atoms. The van der Waals surface area contributed by atoms with Gasteiger partial charge in [-0.1, -0.05) is 23.6 Å². The molecule has 0 radical (unpaired) electrons. The van der Waals surface area contributed by atoms with Gasteiger partial charge in [-0.2, -0.15) is 4.31 Å². The second-order valence-electron chi connectivity index (χ2n) is 6.30. The summed E-state index contributed by atoms with van der Waals surface area (Å²) < 4.78 is 33.5. The summed E-state index contributed by atoms with van der Waals surface area (Å²) in [4.78, 5) is 0.261. The summed E-state index contributed by atoms with van der Waals surface area (Å²) in [5.41, 5.74) is 1.01. The molecule has 0 aliphatic heterocycles. The SMILES string of the molecule is C#CCN(C(c1ccc(C)o1)C1CC1)S(=O)(=O)c1ccc(C)cc1. The summed E-state index contributed by atoms with van der Waals surface area (Å²) in [6, 6.07) is 10.2. The minimum atomic E-state index is -3.69. The predicted molar refractivity (Wildman–Crippen MR) is 92.8 cm³/mol. The van der Waals surface area contributed by atoms with E-state index in [9.17, 15) is 8.42 Å². The van der Waals surface area contributed by atoms with Crippen molar-refractivity contribution in [3.63, 3.8) is 0 Å². The maximum absolute atomic E-state index is 13.2. The van der Waals surface area contributed by atoms with E-state index in [0.717, 1.165) is 24.2 Å². The van der Waals surface area contributed by atoms with Gasteiger partial charge in [-0.15, -0.1) is 6.42 Å². The Morgan fingerprint density at radius 1 is 1.21 bits per heavy atom. The predicted octanol–water partition coefficient (Wildman–Crippen LogP) is 3.67. The maximum atomic E-state index is 13.2. The highest BCUT2D eigenvalue weighted by atomic mass is 32.2. The summed E-state index contributed by atoms with van der Waals surface area (Å²) in [7, 11) is -3.69. The first-order chi connectivity index (χ1) is 11.4. The monoisotopic (exact) mass is 343 g/mol. The molecule has 1 aromatic carbocycles. The zero-order valence-electron chi connectivity index (χ0n) is 13.9. The molecule has 1 atom stereocenters. The molecule has 1 aliphatic rings. The standard InChI is InChI=1S/C19H21NO3S/c1-4-13-20(24(21,22)17-10-5-14(2)6-11-17)19(16-8-9-16)18-12-7-15(3)23-18/h1,5-7,10-12,16,19H,8-9,13H2,2-3H3. The average Bonchev–Trinajstić information content (AvgIpc) is 3.29. The van der Waals surface area contributed by atoms with Crippen LogP contribution in [0.1, 0.15) is 36.0 Å². The fourth-order valence-corrected chi connectivity index (χ4v) is 4.47. The quantitative estimate of drug-likeness (QED) is 0.752. The molecule has 1 aliphatic carbocycles. The van der Waals surface area contributed by atoms with Gasteiger partial charge in [0, 0.05) is 0 Å². The van der Waals surface area contributed by atoms with E-state index in [2.05, 4.69) is 5.92 Å². The highest BCUT2D eigenvalue weighted by molar-refractivity contribution is 7.89. The van der Waals surface area contributed by atoms with E-state index in [-0.39, 0.29) is 23.4 Å². The summed E-state index contributed by atoms with van der Waals surface area (Å²) in [5.74, 6) is 4.19. The van der Waals surface area contributed by atoms with Crippen molar-refractivity contribution in [3.05, 3.63) is 53.5 Å². The molecule has 1 aromatic heterocycles. The van der Waals surface area contributed by atoms with Gasteiger partial charge in [-0.25, -0.2) is 8.42 Å². The fraction of sp³-hybridized carbons (Fsp3) is 0.368. The van der Waals surface area contributed by atoms with Gasteiger partial charge in [0.25, 0.3) is 0 Å². The Morgan fingerprint density at radius 3 is 2.38 bits per heavy atom. The number of furan rings is 1. The van der Waals surface area contributed by atoms with E-state index in [1.807, 2.05) is 26.0 Å². The highest BCUT2D eigenvalue weighted by Gasteiger charge is 2.43. The van der Waals surface area contributed by atoms with Crippen molar-refractivity contribution in [1.82, 2.24) is 4.31 Å². The van der Waals surface area contributed by atoms with Crippen molar-refractivity contribution in [3.8, 4) is 12.3 Å². The molecular weight excluding hydrogens is 322 g/mol. The minimum absolute atomic E-state index is 0.0249. The van der Waals surface area contributed by atoms with Gasteiger partial charge < -0.3 is 4.42 Å². The first-order valence-electron chi connectivity index (χ1n) is 8.02. The minimum Gasteiger partial charge on any atom is -0.465 e. The lowest BCUT2D eigenvalue weighted by Crippen LogP contribution is -2.36. The number of hydrogen-bond donors (Lipinski definition) is 0. The van der Waals surface area contributed by atoms with Crippen LogP contribution in [-0.4, -0.2) is 19.3 Å². The number of terminal acetylenes is 1. The Bertz CT molecular complexity index is 855.